The maximum Gasteiger partial charge on any atom is 0.246 e. The molecule has 4 rings (SSSR count). The Bertz CT molecular complexity index is 783. The zero-order chi connectivity index (χ0) is 22.6. The van der Waals surface area contributed by atoms with Gasteiger partial charge in [-0.05, 0) is 49.3 Å². The van der Waals surface area contributed by atoms with E-state index < -0.39 is 5.54 Å². The molecule has 5 nitrogen and oxygen atoms in total. The van der Waals surface area contributed by atoms with Gasteiger partial charge in [0.2, 0.25) is 11.8 Å². The highest BCUT2D eigenvalue weighted by atomic mass is 35.5. The fourth-order valence-electron chi connectivity index (χ4n) is 5.86. The number of carbonyl (C=O) groups excluding carboxylic acids is 2. The first-order valence-corrected chi connectivity index (χ1v) is 13.0. The zero-order valence-electron chi connectivity index (χ0n) is 19.5. The second kappa shape index (κ2) is 10.6. The highest BCUT2D eigenvalue weighted by molar-refractivity contribution is 6.30. The minimum Gasteiger partial charge on any atom is -0.342 e. The Kier molecular flexibility index (Phi) is 7.78. The van der Waals surface area contributed by atoms with Gasteiger partial charge in [-0.25, -0.2) is 0 Å². The molecular formula is C26H38ClN3O2. The van der Waals surface area contributed by atoms with Crippen LogP contribution in [0.1, 0.15) is 76.7 Å². The lowest BCUT2D eigenvalue weighted by Crippen LogP contribution is -2.73. The quantitative estimate of drug-likeness (QED) is 0.638. The largest absolute Gasteiger partial charge is 0.342 e. The molecule has 6 heteroatoms. The van der Waals surface area contributed by atoms with Gasteiger partial charge in [-0.2, -0.15) is 0 Å². The summed E-state index contributed by atoms with van der Waals surface area (Å²) >= 11 is 6.02. The normalized spacial score (nSPS) is 24.7. The number of hydrogen-bond donors (Lipinski definition) is 1. The summed E-state index contributed by atoms with van der Waals surface area (Å²) in [6.07, 6.45) is 10.4. The van der Waals surface area contributed by atoms with Crippen LogP contribution < -0.4 is 5.32 Å². The second-order valence-corrected chi connectivity index (χ2v) is 10.5. The van der Waals surface area contributed by atoms with Crippen molar-refractivity contribution in [3.05, 3.63) is 34.9 Å². The van der Waals surface area contributed by atoms with E-state index in [4.69, 9.17) is 11.6 Å². The smallest absolute Gasteiger partial charge is 0.246 e. The fourth-order valence-corrected chi connectivity index (χ4v) is 5.98. The molecule has 1 aromatic rings. The van der Waals surface area contributed by atoms with Crippen LogP contribution in [0.4, 0.5) is 0 Å². The lowest BCUT2D eigenvalue weighted by atomic mass is 9.79. The van der Waals surface area contributed by atoms with Gasteiger partial charge < -0.3 is 10.2 Å². The van der Waals surface area contributed by atoms with Gasteiger partial charge in [-0.1, -0.05) is 69.2 Å². The van der Waals surface area contributed by atoms with Crippen LogP contribution in [0.3, 0.4) is 0 Å². The summed E-state index contributed by atoms with van der Waals surface area (Å²) in [6.45, 7) is 5.33. The summed E-state index contributed by atoms with van der Waals surface area (Å²) < 4.78 is 0. The Labute approximate surface area is 197 Å². The molecule has 1 saturated carbocycles. The van der Waals surface area contributed by atoms with Gasteiger partial charge >= 0.3 is 0 Å². The van der Waals surface area contributed by atoms with E-state index in [0.717, 1.165) is 43.9 Å². The summed E-state index contributed by atoms with van der Waals surface area (Å²) in [7, 11) is 0. The van der Waals surface area contributed by atoms with Crippen molar-refractivity contribution in [2.45, 2.75) is 89.3 Å². The molecule has 0 bridgehead atoms. The van der Waals surface area contributed by atoms with Crippen molar-refractivity contribution in [1.29, 1.82) is 0 Å². The van der Waals surface area contributed by atoms with Crippen LogP contribution in [-0.2, 0) is 16.1 Å². The Morgan fingerprint density at radius 3 is 2.41 bits per heavy atom. The van der Waals surface area contributed by atoms with E-state index in [2.05, 4.69) is 29.3 Å². The highest BCUT2D eigenvalue weighted by Gasteiger charge is 2.53. The van der Waals surface area contributed by atoms with Crippen molar-refractivity contribution in [3.8, 4) is 0 Å². The summed E-state index contributed by atoms with van der Waals surface area (Å²) in [4.78, 5) is 31.5. The first-order chi connectivity index (χ1) is 15.5. The average Bonchev–Trinajstić information content (AvgIpc) is 2.81. The monoisotopic (exact) mass is 459 g/mol. The standard InChI is InChI=1S/C26H38ClN3O2/c1-2-3-15-30-24(31)23(18-20-7-5-4-6-8-20)28-25(32)26(30)13-16-29(17-14-26)19-21-9-11-22(27)12-10-21/h9-12,20,23H,2-8,13-19H2,1H3,(H,28,32)/t23-/m0/s1. The van der Waals surface area contributed by atoms with Crippen LogP contribution >= 0.6 is 11.6 Å². The maximum atomic E-state index is 13.6. The number of carbonyl (C=O) groups is 2. The molecule has 3 aliphatic rings. The first-order valence-electron chi connectivity index (χ1n) is 12.6. The van der Waals surface area contributed by atoms with Gasteiger partial charge in [-0.15, -0.1) is 0 Å². The Morgan fingerprint density at radius 1 is 1.06 bits per heavy atom. The van der Waals surface area contributed by atoms with Gasteiger partial charge in [-0.3, -0.25) is 14.5 Å². The molecule has 2 heterocycles. The predicted molar refractivity (Wildman–Crippen MR) is 128 cm³/mol. The first kappa shape index (κ1) is 23.6. The number of nitrogens with zero attached hydrogens (tertiary/aromatic N) is 2. The Morgan fingerprint density at radius 2 is 1.75 bits per heavy atom. The minimum absolute atomic E-state index is 0.0835. The average molecular weight is 460 g/mol. The Hall–Kier alpha value is -1.59. The minimum atomic E-state index is -0.675. The van der Waals surface area contributed by atoms with E-state index in [1.54, 1.807) is 0 Å². The lowest BCUT2D eigenvalue weighted by Gasteiger charge is -2.52. The topological polar surface area (TPSA) is 52.7 Å². The summed E-state index contributed by atoms with van der Waals surface area (Å²) in [6, 6.07) is 7.64. The van der Waals surface area contributed by atoms with Crippen molar-refractivity contribution in [3.63, 3.8) is 0 Å². The van der Waals surface area contributed by atoms with E-state index in [9.17, 15) is 9.59 Å². The SMILES string of the molecule is CCCCN1C(=O)[C@H](CC2CCCCC2)NC(=O)C12CCN(Cc1ccc(Cl)cc1)CC2. The van der Waals surface area contributed by atoms with E-state index in [-0.39, 0.29) is 17.9 Å². The molecule has 1 aliphatic carbocycles. The van der Waals surface area contributed by atoms with E-state index >= 15 is 0 Å². The zero-order valence-corrected chi connectivity index (χ0v) is 20.2. The molecule has 2 amide bonds. The molecule has 2 aliphatic heterocycles. The van der Waals surface area contributed by atoms with Crippen LogP contribution in [0, 0.1) is 5.92 Å². The molecule has 1 N–H and O–H groups in total. The summed E-state index contributed by atoms with van der Waals surface area (Å²) in [5.74, 6) is 0.816. The van der Waals surface area contributed by atoms with Crippen LogP contribution in [-0.4, -0.2) is 52.8 Å². The van der Waals surface area contributed by atoms with Crippen LogP contribution in [0.25, 0.3) is 0 Å². The van der Waals surface area contributed by atoms with Crippen molar-refractivity contribution in [2.24, 2.45) is 5.92 Å². The maximum absolute atomic E-state index is 13.6. The molecule has 0 radical (unpaired) electrons. The number of benzene rings is 1. The number of hydrogen-bond acceptors (Lipinski definition) is 3. The second-order valence-electron chi connectivity index (χ2n) is 10.0. The van der Waals surface area contributed by atoms with Gasteiger partial charge in [0.1, 0.15) is 11.6 Å². The predicted octanol–water partition coefficient (Wildman–Crippen LogP) is 4.77. The number of nitrogens with one attached hydrogen (secondary N) is 1. The number of halogens is 1. The molecule has 1 spiro atoms. The molecule has 1 aromatic carbocycles. The fraction of sp³-hybridized carbons (Fsp3) is 0.692. The molecule has 3 fully saturated rings. The van der Waals surface area contributed by atoms with Gasteiger partial charge in [0.15, 0.2) is 0 Å². The van der Waals surface area contributed by atoms with Crippen molar-refractivity contribution in [1.82, 2.24) is 15.1 Å². The molecule has 1 atom stereocenters. The summed E-state index contributed by atoms with van der Waals surface area (Å²) in [5, 5.41) is 3.94. The van der Waals surface area contributed by atoms with Gasteiger partial charge in [0.25, 0.3) is 0 Å². The number of likely N-dealkylation sites (tertiary alicyclic amines) is 1. The van der Waals surface area contributed by atoms with E-state index in [0.29, 0.717) is 25.3 Å². The molecule has 32 heavy (non-hydrogen) atoms. The molecule has 0 aromatic heterocycles. The number of unbranched alkanes of at least 4 members (excludes halogenated alkanes) is 1. The van der Waals surface area contributed by atoms with Crippen LogP contribution in [0.2, 0.25) is 5.02 Å². The van der Waals surface area contributed by atoms with Crippen molar-refractivity contribution < 1.29 is 9.59 Å². The third-order valence-corrected chi connectivity index (χ3v) is 8.09. The molecule has 0 unspecified atom stereocenters. The Balaban J connectivity index is 1.44. The van der Waals surface area contributed by atoms with E-state index in [1.165, 1.54) is 37.7 Å². The number of rotatable bonds is 7. The third-order valence-electron chi connectivity index (χ3n) is 7.84. The molecule has 2 saturated heterocycles. The highest BCUT2D eigenvalue weighted by Crippen LogP contribution is 2.36. The van der Waals surface area contributed by atoms with Gasteiger partial charge in [0.05, 0.1) is 0 Å². The lowest BCUT2D eigenvalue weighted by molar-refractivity contribution is -0.162. The van der Waals surface area contributed by atoms with Gasteiger partial charge in [0, 0.05) is 31.2 Å². The third kappa shape index (κ3) is 5.14. The van der Waals surface area contributed by atoms with Crippen LogP contribution in [0.5, 0.6) is 0 Å². The number of piperazine rings is 1. The number of amides is 2. The summed E-state index contributed by atoms with van der Waals surface area (Å²) in [5.41, 5.74) is 0.552. The van der Waals surface area contributed by atoms with Crippen molar-refractivity contribution >= 4 is 23.4 Å². The molecular weight excluding hydrogens is 422 g/mol. The van der Waals surface area contributed by atoms with Crippen LogP contribution in [0.15, 0.2) is 24.3 Å². The molecule has 176 valence electrons. The van der Waals surface area contributed by atoms with Crippen molar-refractivity contribution in [2.75, 3.05) is 19.6 Å². The number of piperidine rings is 1. The van der Waals surface area contributed by atoms with E-state index in [1.807, 2.05) is 17.0 Å².